The van der Waals surface area contributed by atoms with Crippen molar-refractivity contribution < 1.29 is 13.2 Å². The molecular formula is C13H15F3N2. The number of nitrogens with two attached hydrogens (primary N) is 1. The van der Waals surface area contributed by atoms with E-state index in [2.05, 4.69) is 4.90 Å². The Labute approximate surface area is 104 Å². The van der Waals surface area contributed by atoms with Crippen molar-refractivity contribution in [2.75, 3.05) is 11.4 Å². The van der Waals surface area contributed by atoms with Crippen LogP contribution >= 0.6 is 0 Å². The van der Waals surface area contributed by atoms with Crippen molar-refractivity contribution in [2.45, 2.75) is 37.5 Å². The van der Waals surface area contributed by atoms with E-state index in [1.165, 1.54) is 12.1 Å². The first-order chi connectivity index (χ1) is 8.48. The molecule has 5 heteroatoms. The zero-order chi connectivity index (χ0) is 12.9. The van der Waals surface area contributed by atoms with Gasteiger partial charge in [-0.25, -0.2) is 0 Å². The van der Waals surface area contributed by atoms with Crippen molar-refractivity contribution in [3.63, 3.8) is 0 Å². The fraction of sp³-hybridized carbons (Fsp3) is 0.538. The van der Waals surface area contributed by atoms with Crippen molar-refractivity contribution in [3.8, 4) is 0 Å². The minimum atomic E-state index is -4.26. The summed E-state index contributed by atoms with van der Waals surface area (Å²) < 4.78 is 38.9. The summed E-state index contributed by atoms with van der Waals surface area (Å²) in [4.78, 5) is 2.05. The van der Waals surface area contributed by atoms with Crippen LogP contribution in [0, 0.1) is 0 Å². The second kappa shape index (κ2) is 3.88. The average molecular weight is 256 g/mol. The van der Waals surface area contributed by atoms with E-state index in [1.54, 1.807) is 6.07 Å². The van der Waals surface area contributed by atoms with Gasteiger partial charge in [0, 0.05) is 24.3 Å². The quantitative estimate of drug-likeness (QED) is 0.773. The fourth-order valence-electron chi connectivity index (χ4n) is 3.21. The van der Waals surface area contributed by atoms with E-state index >= 15 is 0 Å². The Morgan fingerprint density at radius 2 is 2.00 bits per heavy atom. The van der Waals surface area contributed by atoms with E-state index in [4.69, 9.17) is 5.73 Å². The summed E-state index contributed by atoms with van der Waals surface area (Å²) >= 11 is 0. The normalized spacial score (nSPS) is 27.0. The highest BCUT2D eigenvalue weighted by Gasteiger charge is 2.40. The molecule has 0 bridgehead atoms. The van der Waals surface area contributed by atoms with Crippen LogP contribution in [-0.4, -0.2) is 18.6 Å². The second-order valence-corrected chi connectivity index (χ2v) is 5.05. The highest BCUT2D eigenvalue weighted by molar-refractivity contribution is 5.61. The highest BCUT2D eigenvalue weighted by atomic mass is 19.4. The zero-order valence-electron chi connectivity index (χ0n) is 9.87. The predicted molar refractivity (Wildman–Crippen MR) is 63.5 cm³/mol. The van der Waals surface area contributed by atoms with Crippen LogP contribution in [-0.2, 0) is 12.6 Å². The van der Waals surface area contributed by atoms with E-state index in [-0.39, 0.29) is 12.1 Å². The molecule has 0 spiro atoms. The van der Waals surface area contributed by atoms with E-state index in [0.717, 1.165) is 25.1 Å². The predicted octanol–water partition coefficient (Wildman–Crippen LogP) is 2.56. The summed E-state index contributed by atoms with van der Waals surface area (Å²) in [5.74, 6) is 0. The van der Waals surface area contributed by atoms with Gasteiger partial charge in [0.05, 0.1) is 5.56 Å². The largest absolute Gasteiger partial charge is 0.416 e. The summed E-state index contributed by atoms with van der Waals surface area (Å²) in [7, 11) is 0. The number of rotatable bonds is 0. The Kier molecular flexibility index (Phi) is 2.55. The van der Waals surface area contributed by atoms with Crippen LogP contribution in [0.1, 0.15) is 24.0 Å². The molecule has 1 fully saturated rings. The molecular weight excluding hydrogens is 241 g/mol. The van der Waals surface area contributed by atoms with Crippen LogP contribution in [0.15, 0.2) is 18.2 Å². The monoisotopic (exact) mass is 256 g/mol. The van der Waals surface area contributed by atoms with Crippen molar-refractivity contribution in [1.82, 2.24) is 0 Å². The number of fused-ring (bicyclic) bond motifs is 3. The van der Waals surface area contributed by atoms with Gasteiger partial charge in [0.2, 0.25) is 0 Å². The minimum absolute atomic E-state index is 0.0905. The summed E-state index contributed by atoms with van der Waals surface area (Å²) in [5, 5.41) is 0. The van der Waals surface area contributed by atoms with Gasteiger partial charge in [0.1, 0.15) is 0 Å². The Hall–Kier alpha value is -1.23. The minimum Gasteiger partial charge on any atom is -0.367 e. The number of hydrogen-bond donors (Lipinski definition) is 1. The molecule has 2 aliphatic heterocycles. The van der Waals surface area contributed by atoms with Gasteiger partial charge in [-0.3, -0.25) is 0 Å². The van der Waals surface area contributed by atoms with Gasteiger partial charge in [-0.2, -0.15) is 13.2 Å². The summed E-state index contributed by atoms with van der Waals surface area (Å²) in [6.45, 7) is 0.764. The third-order valence-electron chi connectivity index (χ3n) is 4.05. The highest BCUT2D eigenvalue weighted by Crippen LogP contribution is 2.42. The molecule has 2 atom stereocenters. The van der Waals surface area contributed by atoms with Crippen molar-refractivity contribution in [1.29, 1.82) is 0 Å². The average Bonchev–Trinajstić information content (AvgIpc) is 2.69. The number of anilines is 1. The van der Waals surface area contributed by atoms with Gasteiger partial charge in [-0.05, 0) is 37.0 Å². The third-order valence-corrected chi connectivity index (χ3v) is 4.05. The molecule has 18 heavy (non-hydrogen) atoms. The maximum absolute atomic E-state index is 13.0. The number of nitrogens with zero attached hydrogens (tertiary/aromatic N) is 1. The molecule has 98 valence electrons. The molecule has 0 aliphatic carbocycles. The number of benzene rings is 1. The lowest BCUT2D eigenvalue weighted by molar-refractivity contribution is -0.138. The maximum atomic E-state index is 13.0. The molecule has 2 heterocycles. The zero-order valence-corrected chi connectivity index (χ0v) is 9.87. The fourth-order valence-corrected chi connectivity index (χ4v) is 3.21. The molecule has 0 aromatic heterocycles. The number of hydrogen-bond acceptors (Lipinski definition) is 2. The second-order valence-electron chi connectivity index (χ2n) is 5.05. The van der Waals surface area contributed by atoms with Gasteiger partial charge in [-0.1, -0.05) is 6.07 Å². The van der Waals surface area contributed by atoms with Gasteiger partial charge >= 0.3 is 6.18 Å². The van der Waals surface area contributed by atoms with E-state index in [1.807, 2.05) is 0 Å². The topological polar surface area (TPSA) is 29.3 Å². The Bertz CT molecular complexity index is 470. The van der Waals surface area contributed by atoms with Crippen LogP contribution < -0.4 is 10.6 Å². The molecule has 0 amide bonds. The van der Waals surface area contributed by atoms with Gasteiger partial charge in [0.25, 0.3) is 0 Å². The standard InChI is InChI=1S/C13H15F3N2/c14-13(15,16)9-2-1-3-11-8(9)4-5-12-10(17)6-7-18(11)12/h1-3,10,12H,4-7,17H2. The lowest BCUT2D eigenvalue weighted by Gasteiger charge is -2.36. The summed E-state index contributed by atoms with van der Waals surface area (Å²) in [6.07, 6.45) is -2.21. The van der Waals surface area contributed by atoms with Crippen LogP contribution in [0.3, 0.4) is 0 Å². The smallest absolute Gasteiger partial charge is 0.367 e. The first-order valence-corrected chi connectivity index (χ1v) is 6.20. The van der Waals surface area contributed by atoms with Gasteiger partial charge in [-0.15, -0.1) is 0 Å². The van der Waals surface area contributed by atoms with Crippen molar-refractivity contribution in [2.24, 2.45) is 5.73 Å². The molecule has 0 radical (unpaired) electrons. The molecule has 0 saturated carbocycles. The van der Waals surface area contributed by atoms with Crippen LogP contribution in [0.2, 0.25) is 0 Å². The van der Waals surface area contributed by atoms with Crippen LogP contribution in [0.25, 0.3) is 0 Å². The SMILES string of the molecule is NC1CCN2c3cccc(C(F)(F)F)c3CCC12. The Morgan fingerprint density at radius 3 is 2.72 bits per heavy atom. The van der Waals surface area contributed by atoms with E-state index in [0.29, 0.717) is 12.0 Å². The third kappa shape index (κ3) is 1.68. The molecule has 2 aliphatic rings. The van der Waals surface area contributed by atoms with Gasteiger partial charge in [0.15, 0.2) is 0 Å². The van der Waals surface area contributed by atoms with Crippen molar-refractivity contribution in [3.05, 3.63) is 29.3 Å². The Morgan fingerprint density at radius 1 is 1.22 bits per heavy atom. The van der Waals surface area contributed by atoms with E-state index < -0.39 is 11.7 Å². The van der Waals surface area contributed by atoms with Crippen LogP contribution in [0.4, 0.5) is 18.9 Å². The lowest BCUT2D eigenvalue weighted by atomic mass is 9.91. The van der Waals surface area contributed by atoms with Crippen LogP contribution in [0.5, 0.6) is 0 Å². The molecule has 1 aromatic rings. The lowest BCUT2D eigenvalue weighted by Crippen LogP contribution is -2.42. The Balaban J connectivity index is 2.07. The molecule has 2 N–H and O–H groups in total. The maximum Gasteiger partial charge on any atom is 0.416 e. The molecule has 1 saturated heterocycles. The first-order valence-electron chi connectivity index (χ1n) is 6.20. The summed E-state index contributed by atoms with van der Waals surface area (Å²) in [5.41, 5.74) is 6.69. The molecule has 2 unspecified atom stereocenters. The van der Waals surface area contributed by atoms with Crippen molar-refractivity contribution >= 4 is 5.69 Å². The number of halogens is 3. The molecule has 3 rings (SSSR count). The first kappa shape index (κ1) is 11.8. The molecule has 1 aromatic carbocycles. The summed E-state index contributed by atoms with van der Waals surface area (Å²) in [6, 6.07) is 4.76. The van der Waals surface area contributed by atoms with Gasteiger partial charge < -0.3 is 10.6 Å². The number of alkyl halides is 3. The van der Waals surface area contributed by atoms with E-state index in [9.17, 15) is 13.2 Å². The molecule has 2 nitrogen and oxygen atoms in total.